The molecule has 0 spiro atoms. The first-order valence-electron chi connectivity index (χ1n) is 4.06. The molecule has 2 radical (unpaired) electrons. The van der Waals surface area contributed by atoms with Crippen LogP contribution >= 0.6 is 0 Å². The molecule has 0 N–H and O–H groups in total. The summed E-state index contributed by atoms with van der Waals surface area (Å²) in [5, 5.41) is 0. The fourth-order valence-corrected chi connectivity index (χ4v) is 1.92. The second-order valence-corrected chi connectivity index (χ2v) is 4.41. The Kier molecular flexibility index (Phi) is 5.46. The van der Waals surface area contributed by atoms with E-state index >= 15 is 0 Å². The van der Waals surface area contributed by atoms with Gasteiger partial charge >= 0.3 is 0 Å². The van der Waals surface area contributed by atoms with Crippen molar-refractivity contribution in [2.45, 2.75) is 18.7 Å². The quantitative estimate of drug-likeness (QED) is 0.688. The van der Waals surface area contributed by atoms with Crippen LogP contribution in [0.25, 0.3) is 0 Å². The van der Waals surface area contributed by atoms with Crippen LogP contribution in [0.1, 0.15) is 12.5 Å². The van der Waals surface area contributed by atoms with E-state index in [0.29, 0.717) is 0 Å². The summed E-state index contributed by atoms with van der Waals surface area (Å²) in [6.45, 7) is 3.90. The standard InChI is InChI=1S/C9H13NO2S.Li/c1-3-10-13(11,12)9-6-4-8(2)5-7-9;/h4-7H,3H2,1-2H3,(H,10,11,12);/q;-1/p-1. The first-order chi connectivity index (χ1) is 6.06. The zero-order valence-electron chi connectivity index (χ0n) is 8.69. The van der Waals surface area contributed by atoms with Crippen molar-refractivity contribution in [2.75, 3.05) is 6.54 Å². The number of benzene rings is 1. The van der Waals surface area contributed by atoms with Crippen molar-refractivity contribution in [3.8, 4) is 0 Å². The minimum Gasteiger partial charge on any atom is -1.00 e. The number of hydrogen-bond acceptors (Lipinski definition) is 3. The molecule has 1 unspecified atom stereocenters. The van der Waals surface area contributed by atoms with E-state index < -0.39 is 10.0 Å². The molecule has 0 saturated heterocycles. The molecule has 14 heavy (non-hydrogen) atoms. The second-order valence-electron chi connectivity index (χ2n) is 2.73. The van der Waals surface area contributed by atoms with E-state index in [1.807, 2.05) is 6.92 Å². The molecular weight excluding hydrogens is 193 g/mol. The molecule has 1 rings (SSSR count). The molecule has 1 atom stereocenters. The van der Waals surface area contributed by atoms with Crippen LogP contribution in [0.15, 0.2) is 33.5 Å². The Hall–Kier alpha value is -0.273. The molecule has 1 aromatic rings. The van der Waals surface area contributed by atoms with Crippen LogP contribution in [-0.4, -0.2) is 34.2 Å². The van der Waals surface area contributed by atoms with E-state index in [-0.39, 0.29) is 30.3 Å². The van der Waals surface area contributed by atoms with Crippen LogP contribution < -0.4 is 0 Å². The van der Waals surface area contributed by atoms with Gasteiger partial charge in [0, 0.05) is 21.5 Å². The van der Waals surface area contributed by atoms with Crippen molar-refractivity contribution in [1.29, 1.82) is 0 Å². The largest absolute Gasteiger partial charge is 1.00 e. The first kappa shape index (κ1) is 13.7. The van der Waals surface area contributed by atoms with Crippen LogP contribution in [-0.2, 0) is 10.0 Å². The fraction of sp³-hybridized carbons (Fsp3) is 0.333. The monoisotopic (exact) mass is 205 g/mol. The van der Waals surface area contributed by atoms with Gasteiger partial charge in [-0.05, 0) is 26.0 Å². The predicted octanol–water partition coefficient (Wildman–Crippen LogP) is 1.59. The van der Waals surface area contributed by atoms with E-state index in [1.165, 1.54) is 0 Å². The topological polar surface area (TPSA) is 52.5 Å². The normalized spacial score (nSPS) is 13.9. The van der Waals surface area contributed by atoms with E-state index in [1.54, 1.807) is 31.2 Å². The maximum absolute atomic E-state index is 11.4. The minimum absolute atomic E-state index is 0. The van der Waals surface area contributed by atoms with Gasteiger partial charge in [0.05, 0.1) is 0 Å². The number of hydrogen-bond donors (Lipinski definition) is 0. The number of nitrogens with zero attached hydrogens (tertiary/aromatic N) is 1. The van der Waals surface area contributed by atoms with Crippen molar-refractivity contribution in [2.24, 2.45) is 4.36 Å². The zero-order chi connectivity index (χ0) is 9.90. The summed E-state index contributed by atoms with van der Waals surface area (Å²) >= 11 is 0. The van der Waals surface area contributed by atoms with Crippen LogP contribution in [0, 0.1) is 6.92 Å². The summed E-state index contributed by atoms with van der Waals surface area (Å²) < 4.78 is 26.3. The third kappa shape index (κ3) is 3.47. The second kappa shape index (κ2) is 5.57. The smallest absolute Gasteiger partial charge is 0.0448 e. The molecule has 0 aliphatic heterocycles. The van der Waals surface area contributed by atoms with E-state index in [0.717, 1.165) is 5.56 Å². The van der Waals surface area contributed by atoms with Crippen LogP contribution in [0.5, 0.6) is 0 Å². The average Bonchev–Trinajstić information content (AvgIpc) is 2.05. The van der Waals surface area contributed by atoms with Gasteiger partial charge in [-0.25, -0.2) is 4.36 Å². The summed E-state index contributed by atoms with van der Waals surface area (Å²) in [7, 11) is -3.40. The molecule has 3 nitrogen and oxygen atoms in total. The zero-order valence-corrected chi connectivity index (χ0v) is 9.50. The maximum atomic E-state index is 11.4. The third-order valence-electron chi connectivity index (χ3n) is 1.62. The van der Waals surface area contributed by atoms with E-state index in [4.69, 9.17) is 0 Å². The van der Waals surface area contributed by atoms with Gasteiger partial charge in [0.1, 0.15) is 0 Å². The van der Waals surface area contributed by atoms with Gasteiger partial charge in [-0.3, -0.25) is 4.21 Å². The molecule has 0 aliphatic rings. The third-order valence-corrected chi connectivity index (χ3v) is 3.08. The summed E-state index contributed by atoms with van der Waals surface area (Å²) in [5.74, 6) is 0. The van der Waals surface area contributed by atoms with Crippen molar-refractivity contribution in [3.63, 3.8) is 0 Å². The van der Waals surface area contributed by atoms with E-state index in [2.05, 4.69) is 4.36 Å². The molecule has 0 bridgehead atoms. The Balaban J connectivity index is 0.00000169. The molecule has 0 aromatic heterocycles. The van der Waals surface area contributed by atoms with Gasteiger partial charge < -0.3 is 23.4 Å². The van der Waals surface area contributed by atoms with Gasteiger partial charge in [-0.15, -0.1) is 0 Å². The molecule has 0 amide bonds. The first-order valence-corrected chi connectivity index (χ1v) is 5.50. The van der Waals surface area contributed by atoms with Gasteiger partial charge in [0.15, 0.2) is 0 Å². The predicted molar refractivity (Wildman–Crippen MR) is 57.1 cm³/mol. The fourth-order valence-electron chi connectivity index (χ4n) is 0.955. The Bertz CT molecular complexity index is 394. The van der Waals surface area contributed by atoms with Crippen LogP contribution in [0.3, 0.4) is 0 Å². The van der Waals surface area contributed by atoms with Crippen LogP contribution in [0.2, 0.25) is 0 Å². The van der Waals surface area contributed by atoms with E-state index in [9.17, 15) is 8.76 Å². The molecule has 5 heteroatoms. The molecule has 74 valence electrons. The molecule has 0 saturated carbocycles. The Morgan fingerprint density at radius 1 is 1.36 bits per heavy atom. The summed E-state index contributed by atoms with van der Waals surface area (Å²) in [4.78, 5) is 0.264. The minimum atomic E-state index is -3.40. The molecule has 0 fully saturated rings. The maximum Gasteiger partial charge on any atom is 0.0448 e. The SMILES string of the molecule is CCN=S(=O)([O-])c1ccc(C)cc1.[Li-]. The Labute approximate surface area is 97.1 Å². The van der Waals surface area contributed by atoms with Gasteiger partial charge in [-0.2, -0.15) is 0 Å². The molecular formula is C9H12LiNO2S-2. The van der Waals surface area contributed by atoms with Crippen molar-refractivity contribution >= 4 is 28.9 Å². The summed E-state index contributed by atoms with van der Waals surface area (Å²) in [6, 6.07) is 6.67. The summed E-state index contributed by atoms with van der Waals surface area (Å²) in [5.41, 5.74) is 1.04. The number of rotatable bonds is 2. The summed E-state index contributed by atoms with van der Waals surface area (Å²) in [6.07, 6.45) is 0. The Morgan fingerprint density at radius 2 is 1.86 bits per heavy atom. The molecule has 0 heterocycles. The van der Waals surface area contributed by atoms with Crippen LogP contribution in [0.4, 0.5) is 0 Å². The molecule has 0 aliphatic carbocycles. The van der Waals surface area contributed by atoms with Crippen molar-refractivity contribution in [3.05, 3.63) is 29.8 Å². The van der Waals surface area contributed by atoms with Gasteiger partial charge in [0.2, 0.25) is 0 Å². The Morgan fingerprint density at radius 3 is 2.29 bits per heavy atom. The number of aryl methyl sites for hydroxylation is 1. The van der Waals surface area contributed by atoms with Gasteiger partial charge in [-0.1, -0.05) is 17.7 Å². The van der Waals surface area contributed by atoms with Gasteiger partial charge in [0.25, 0.3) is 0 Å². The van der Waals surface area contributed by atoms with Crippen molar-refractivity contribution < 1.29 is 8.76 Å². The average molecular weight is 205 g/mol. The molecule has 1 aromatic carbocycles. The van der Waals surface area contributed by atoms with Crippen molar-refractivity contribution in [1.82, 2.24) is 0 Å².